The number of nitrogens with zero attached hydrogens (tertiary/aromatic N) is 2. The van der Waals surface area contributed by atoms with Crippen LogP contribution in [0.15, 0.2) is 30.3 Å². The lowest BCUT2D eigenvalue weighted by molar-refractivity contribution is 0.0942. The van der Waals surface area contributed by atoms with E-state index < -0.39 is 0 Å². The van der Waals surface area contributed by atoms with Crippen molar-refractivity contribution >= 4 is 5.91 Å². The molecule has 0 saturated heterocycles. The summed E-state index contributed by atoms with van der Waals surface area (Å²) in [5, 5.41) is 9.66. The number of H-pyrrole nitrogens is 1. The Hall–Kier alpha value is -2.14. The number of hydrogen-bond acceptors (Lipinski definition) is 3. The molecular weight excluding hydrogens is 264 g/mol. The van der Waals surface area contributed by atoms with Gasteiger partial charge in [0.2, 0.25) is 0 Å². The Morgan fingerprint density at radius 1 is 1.38 bits per heavy atom. The summed E-state index contributed by atoms with van der Waals surface area (Å²) < 4.78 is 0. The maximum atomic E-state index is 11.9. The van der Waals surface area contributed by atoms with Crippen molar-refractivity contribution in [3.05, 3.63) is 52.8 Å². The van der Waals surface area contributed by atoms with E-state index in [0.717, 1.165) is 31.7 Å². The van der Waals surface area contributed by atoms with Gasteiger partial charge in [0.1, 0.15) is 5.69 Å². The summed E-state index contributed by atoms with van der Waals surface area (Å²) in [4.78, 5) is 14.3. The molecule has 1 aromatic carbocycles. The predicted molar refractivity (Wildman–Crippen MR) is 81.1 cm³/mol. The first-order valence-electron chi connectivity index (χ1n) is 7.32. The van der Waals surface area contributed by atoms with Crippen molar-refractivity contribution in [3.63, 3.8) is 0 Å². The van der Waals surface area contributed by atoms with Gasteiger partial charge in [-0.15, -0.1) is 0 Å². The van der Waals surface area contributed by atoms with Gasteiger partial charge in [-0.05, 0) is 30.5 Å². The lowest BCUT2D eigenvalue weighted by Gasteiger charge is -2.28. The molecule has 0 aliphatic carbocycles. The molecule has 1 aliphatic rings. The molecule has 1 aliphatic heterocycles. The minimum absolute atomic E-state index is 0.114. The van der Waals surface area contributed by atoms with Crippen LogP contribution in [0.3, 0.4) is 0 Å². The predicted octanol–water partition coefficient (Wildman–Crippen LogP) is 1.51. The number of rotatable bonds is 4. The van der Waals surface area contributed by atoms with Crippen LogP contribution in [0.2, 0.25) is 0 Å². The van der Waals surface area contributed by atoms with Crippen LogP contribution in [-0.4, -0.2) is 40.6 Å². The third-order valence-corrected chi connectivity index (χ3v) is 3.86. The summed E-state index contributed by atoms with van der Waals surface area (Å²) >= 11 is 0. The van der Waals surface area contributed by atoms with Crippen molar-refractivity contribution in [3.8, 4) is 0 Å². The lowest BCUT2D eigenvalue weighted by atomic mass is 10.00. The third kappa shape index (κ3) is 3.31. The summed E-state index contributed by atoms with van der Waals surface area (Å²) in [6.07, 6.45) is 1.09. The lowest BCUT2D eigenvalue weighted by Crippen LogP contribution is -2.37. The number of carbonyl (C=O) groups excluding carboxylic acids is 1. The van der Waals surface area contributed by atoms with E-state index in [-0.39, 0.29) is 5.91 Å². The van der Waals surface area contributed by atoms with Crippen molar-refractivity contribution in [2.75, 3.05) is 19.6 Å². The molecule has 21 heavy (non-hydrogen) atoms. The molecule has 0 atom stereocenters. The zero-order chi connectivity index (χ0) is 14.7. The number of aryl methyl sites for hydroxylation is 1. The molecule has 110 valence electrons. The molecule has 1 amide bonds. The van der Waals surface area contributed by atoms with Crippen LogP contribution in [0.5, 0.6) is 0 Å². The van der Waals surface area contributed by atoms with E-state index in [0.29, 0.717) is 12.2 Å². The van der Waals surface area contributed by atoms with Crippen LogP contribution >= 0.6 is 0 Å². The number of hydrogen-bond donors (Lipinski definition) is 2. The van der Waals surface area contributed by atoms with Gasteiger partial charge in [-0.2, -0.15) is 5.10 Å². The first-order valence-corrected chi connectivity index (χ1v) is 7.32. The number of aromatic nitrogens is 2. The van der Waals surface area contributed by atoms with Crippen molar-refractivity contribution in [2.45, 2.75) is 19.9 Å². The molecule has 0 bridgehead atoms. The van der Waals surface area contributed by atoms with Gasteiger partial charge < -0.3 is 5.32 Å². The maximum absolute atomic E-state index is 11.9. The molecule has 3 rings (SSSR count). The Morgan fingerprint density at radius 3 is 2.95 bits per heavy atom. The number of benzene rings is 1. The summed E-state index contributed by atoms with van der Waals surface area (Å²) in [6, 6.07) is 10.3. The number of nitrogens with one attached hydrogen (secondary N) is 2. The number of aromatic amines is 1. The van der Waals surface area contributed by atoms with Crippen molar-refractivity contribution < 1.29 is 4.79 Å². The quantitative estimate of drug-likeness (QED) is 0.894. The van der Waals surface area contributed by atoms with E-state index in [2.05, 4.69) is 44.7 Å². The minimum Gasteiger partial charge on any atom is -0.349 e. The van der Waals surface area contributed by atoms with Crippen molar-refractivity contribution in [1.29, 1.82) is 0 Å². The zero-order valence-corrected chi connectivity index (χ0v) is 12.2. The van der Waals surface area contributed by atoms with E-state index in [1.54, 1.807) is 6.07 Å². The van der Waals surface area contributed by atoms with Gasteiger partial charge in [-0.25, -0.2) is 0 Å². The SMILES string of the molecule is Cc1cc(C(=O)NCCN2CCc3ccccc3C2)n[nH]1. The molecule has 1 aromatic heterocycles. The maximum Gasteiger partial charge on any atom is 0.271 e. The molecule has 5 nitrogen and oxygen atoms in total. The molecule has 2 aromatic rings. The summed E-state index contributed by atoms with van der Waals surface area (Å²) in [5.74, 6) is -0.114. The Balaban J connectivity index is 1.47. The van der Waals surface area contributed by atoms with Crippen molar-refractivity contribution in [1.82, 2.24) is 20.4 Å². The molecule has 0 unspecified atom stereocenters. The summed E-state index contributed by atoms with van der Waals surface area (Å²) in [7, 11) is 0. The van der Waals surface area contributed by atoms with Crippen LogP contribution in [0.25, 0.3) is 0 Å². The van der Waals surface area contributed by atoms with E-state index in [4.69, 9.17) is 0 Å². The normalized spacial score (nSPS) is 14.7. The van der Waals surface area contributed by atoms with Gasteiger partial charge in [-0.3, -0.25) is 14.8 Å². The van der Waals surface area contributed by atoms with Gasteiger partial charge in [-0.1, -0.05) is 24.3 Å². The smallest absolute Gasteiger partial charge is 0.271 e. The van der Waals surface area contributed by atoms with Crippen LogP contribution in [0.4, 0.5) is 0 Å². The fraction of sp³-hybridized carbons (Fsp3) is 0.375. The molecule has 0 spiro atoms. The fourth-order valence-corrected chi connectivity index (χ4v) is 2.70. The summed E-state index contributed by atoms with van der Waals surface area (Å²) in [6.45, 7) is 5.41. The van der Waals surface area contributed by atoms with Crippen LogP contribution in [0.1, 0.15) is 27.3 Å². The van der Waals surface area contributed by atoms with Crippen LogP contribution < -0.4 is 5.32 Å². The minimum atomic E-state index is -0.114. The Bertz CT molecular complexity index is 635. The van der Waals surface area contributed by atoms with E-state index in [1.807, 2.05) is 6.92 Å². The standard InChI is InChI=1S/C16H20N4O/c1-12-10-15(19-18-12)16(21)17-7-9-20-8-6-13-4-2-3-5-14(13)11-20/h2-5,10H,6-9,11H2,1H3,(H,17,21)(H,18,19). The fourth-order valence-electron chi connectivity index (χ4n) is 2.70. The average Bonchev–Trinajstić information content (AvgIpc) is 2.94. The first kappa shape index (κ1) is 13.8. The first-order chi connectivity index (χ1) is 10.2. The number of fused-ring (bicyclic) bond motifs is 1. The zero-order valence-electron chi connectivity index (χ0n) is 12.2. The second-order valence-electron chi connectivity index (χ2n) is 5.49. The Kier molecular flexibility index (Phi) is 4.01. The molecule has 0 fully saturated rings. The highest BCUT2D eigenvalue weighted by Gasteiger charge is 2.15. The topological polar surface area (TPSA) is 61.0 Å². The van der Waals surface area contributed by atoms with Gasteiger partial charge in [0, 0.05) is 31.9 Å². The monoisotopic (exact) mass is 284 g/mol. The van der Waals surface area contributed by atoms with E-state index in [9.17, 15) is 4.79 Å². The molecule has 2 heterocycles. The number of amides is 1. The van der Waals surface area contributed by atoms with Gasteiger partial charge in [0.25, 0.3) is 5.91 Å². The molecule has 2 N–H and O–H groups in total. The second-order valence-corrected chi connectivity index (χ2v) is 5.49. The summed E-state index contributed by atoms with van der Waals surface area (Å²) in [5.41, 5.74) is 4.20. The highest BCUT2D eigenvalue weighted by Crippen LogP contribution is 2.17. The van der Waals surface area contributed by atoms with Gasteiger partial charge >= 0.3 is 0 Å². The Morgan fingerprint density at radius 2 is 2.19 bits per heavy atom. The van der Waals surface area contributed by atoms with Crippen LogP contribution in [0, 0.1) is 6.92 Å². The molecular formula is C16H20N4O. The molecule has 0 radical (unpaired) electrons. The largest absolute Gasteiger partial charge is 0.349 e. The molecule has 0 saturated carbocycles. The molecule has 5 heteroatoms. The van der Waals surface area contributed by atoms with Crippen LogP contribution in [-0.2, 0) is 13.0 Å². The van der Waals surface area contributed by atoms with Crippen molar-refractivity contribution in [2.24, 2.45) is 0 Å². The van der Waals surface area contributed by atoms with E-state index >= 15 is 0 Å². The Labute approximate surface area is 124 Å². The van der Waals surface area contributed by atoms with Gasteiger partial charge in [0.05, 0.1) is 0 Å². The average molecular weight is 284 g/mol. The number of carbonyl (C=O) groups is 1. The second kappa shape index (κ2) is 6.10. The third-order valence-electron chi connectivity index (χ3n) is 3.86. The van der Waals surface area contributed by atoms with E-state index in [1.165, 1.54) is 11.1 Å². The highest BCUT2D eigenvalue weighted by molar-refractivity contribution is 5.92. The highest BCUT2D eigenvalue weighted by atomic mass is 16.1. The van der Waals surface area contributed by atoms with Gasteiger partial charge in [0.15, 0.2) is 0 Å².